The average Bonchev–Trinajstić information content (AvgIpc) is 2.21. The predicted octanol–water partition coefficient (Wildman–Crippen LogP) is -1.14. The number of hydrogen-bond donors (Lipinski definition) is 3. The van der Waals surface area contributed by atoms with Gasteiger partial charge in [0.1, 0.15) is 11.6 Å². The molecule has 3 N–H and O–H groups in total. The molecule has 1 rings (SSSR count). The number of carbonyl (C=O) groups excluding carboxylic acids is 2. The molecule has 1 aliphatic rings. The summed E-state index contributed by atoms with van der Waals surface area (Å²) in [5.41, 5.74) is -0.672. The largest absolute Gasteiger partial charge is 0.444 e. The Bertz CT molecular complexity index is 484. The third-order valence-corrected chi connectivity index (χ3v) is 2.58. The van der Waals surface area contributed by atoms with Gasteiger partial charge >= 0.3 is 6.09 Å². The van der Waals surface area contributed by atoms with Crippen LogP contribution in [0.5, 0.6) is 0 Å². The van der Waals surface area contributed by atoms with Crippen molar-refractivity contribution in [3.05, 3.63) is 0 Å². The van der Waals surface area contributed by atoms with E-state index in [1.807, 2.05) is 4.89 Å². The van der Waals surface area contributed by atoms with E-state index in [0.717, 1.165) is 6.26 Å². The summed E-state index contributed by atoms with van der Waals surface area (Å²) in [5.74, 6) is -0.385. The first-order chi connectivity index (χ1) is 8.98. The van der Waals surface area contributed by atoms with Crippen molar-refractivity contribution in [3.8, 4) is 0 Å². The molecule has 116 valence electrons. The Hall–Kier alpha value is -1.39. The van der Waals surface area contributed by atoms with E-state index in [2.05, 4.69) is 10.6 Å². The summed E-state index contributed by atoms with van der Waals surface area (Å²) in [6, 6.07) is -1.34. The molecule has 10 heteroatoms. The normalized spacial score (nSPS) is 22.7. The zero-order valence-electron chi connectivity index (χ0n) is 11.7. The Morgan fingerprint density at radius 2 is 2.00 bits per heavy atom. The van der Waals surface area contributed by atoms with Gasteiger partial charge in [0.05, 0.1) is 18.9 Å². The van der Waals surface area contributed by atoms with E-state index in [0.29, 0.717) is 0 Å². The van der Waals surface area contributed by atoms with Crippen LogP contribution in [-0.4, -0.2) is 51.0 Å². The maximum absolute atomic E-state index is 11.5. The summed E-state index contributed by atoms with van der Waals surface area (Å²) in [5, 5.41) is 4.87. The standard InChI is InChI=1S/C10H19N3O6S/c1-10(2,3)19-9(15)12-7-6(11-8(7)14)5-18-13-20(4,16)17/h6-7,13H,5H2,1-4H3,(H,11,14)(H,12,15). The smallest absolute Gasteiger partial charge is 0.408 e. The number of nitrogens with one attached hydrogen (secondary N) is 3. The molecule has 0 aromatic heterocycles. The molecule has 0 bridgehead atoms. The maximum atomic E-state index is 11.5. The Balaban J connectivity index is 2.40. The van der Waals surface area contributed by atoms with E-state index < -0.39 is 33.8 Å². The Morgan fingerprint density at radius 1 is 1.40 bits per heavy atom. The lowest BCUT2D eigenvalue weighted by Gasteiger charge is -2.36. The third kappa shape index (κ3) is 5.72. The number of alkyl carbamates (subject to hydrolysis) is 1. The molecule has 2 unspecified atom stereocenters. The van der Waals surface area contributed by atoms with E-state index >= 15 is 0 Å². The van der Waals surface area contributed by atoms with Gasteiger partial charge in [-0.1, -0.05) is 4.89 Å². The van der Waals surface area contributed by atoms with Gasteiger partial charge in [-0.3, -0.25) is 9.63 Å². The highest BCUT2D eigenvalue weighted by Gasteiger charge is 2.41. The van der Waals surface area contributed by atoms with Gasteiger partial charge < -0.3 is 15.4 Å². The van der Waals surface area contributed by atoms with Gasteiger partial charge in [0, 0.05) is 0 Å². The second-order valence-electron chi connectivity index (χ2n) is 5.41. The summed E-state index contributed by atoms with van der Waals surface area (Å²) >= 11 is 0. The highest BCUT2D eigenvalue weighted by Crippen LogP contribution is 2.10. The van der Waals surface area contributed by atoms with Crippen LogP contribution in [-0.2, 0) is 24.4 Å². The molecule has 2 atom stereocenters. The molecule has 0 aliphatic carbocycles. The number of carbonyl (C=O) groups is 2. The summed E-state index contributed by atoms with van der Waals surface area (Å²) in [6.45, 7) is 4.98. The van der Waals surface area contributed by atoms with Crippen molar-refractivity contribution >= 4 is 22.0 Å². The lowest BCUT2D eigenvalue weighted by Crippen LogP contribution is -2.71. The predicted molar refractivity (Wildman–Crippen MR) is 69.0 cm³/mol. The monoisotopic (exact) mass is 309 g/mol. The molecule has 0 aromatic carbocycles. The van der Waals surface area contributed by atoms with Crippen molar-refractivity contribution in [1.82, 2.24) is 15.5 Å². The van der Waals surface area contributed by atoms with Crippen LogP contribution in [0.3, 0.4) is 0 Å². The second kappa shape index (κ2) is 5.94. The van der Waals surface area contributed by atoms with E-state index in [1.165, 1.54) is 0 Å². The highest BCUT2D eigenvalue weighted by molar-refractivity contribution is 7.88. The number of amides is 2. The fraction of sp³-hybridized carbons (Fsp3) is 0.800. The van der Waals surface area contributed by atoms with Gasteiger partial charge in [0.2, 0.25) is 15.9 Å². The fourth-order valence-electron chi connectivity index (χ4n) is 1.41. The van der Waals surface area contributed by atoms with Crippen molar-refractivity contribution in [1.29, 1.82) is 0 Å². The average molecular weight is 309 g/mol. The first kappa shape index (κ1) is 16.7. The molecule has 1 fully saturated rings. The number of hydrogen-bond acceptors (Lipinski definition) is 6. The van der Waals surface area contributed by atoms with E-state index in [-0.39, 0.29) is 12.5 Å². The van der Waals surface area contributed by atoms with Gasteiger partial charge in [-0.05, 0) is 20.8 Å². The molecule has 1 saturated heterocycles. The molecule has 0 aromatic rings. The Kier molecular flexibility index (Phi) is 4.95. The lowest BCUT2D eigenvalue weighted by molar-refractivity contribution is -0.134. The first-order valence-electron chi connectivity index (χ1n) is 5.86. The minimum atomic E-state index is -3.48. The Morgan fingerprint density at radius 3 is 2.45 bits per heavy atom. The summed E-state index contributed by atoms with van der Waals surface area (Å²) < 4.78 is 26.6. The zero-order valence-corrected chi connectivity index (χ0v) is 12.5. The molecule has 0 saturated carbocycles. The van der Waals surface area contributed by atoms with Crippen molar-refractivity contribution in [2.24, 2.45) is 0 Å². The second-order valence-corrected chi connectivity index (χ2v) is 7.12. The molecule has 9 nitrogen and oxygen atoms in total. The number of β-lactam (4-membered cyclic amide) rings is 1. The number of rotatable bonds is 5. The first-order valence-corrected chi connectivity index (χ1v) is 7.75. The molecule has 2 amide bonds. The topological polar surface area (TPSA) is 123 Å². The van der Waals surface area contributed by atoms with Crippen LogP contribution in [0.2, 0.25) is 0 Å². The van der Waals surface area contributed by atoms with Crippen molar-refractivity contribution in [3.63, 3.8) is 0 Å². The van der Waals surface area contributed by atoms with E-state index in [1.54, 1.807) is 20.8 Å². The van der Waals surface area contributed by atoms with Gasteiger partial charge in [-0.2, -0.15) is 0 Å². The molecule has 20 heavy (non-hydrogen) atoms. The molecular weight excluding hydrogens is 290 g/mol. The van der Waals surface area contributed by atoms with Crippen LogP contribution in [0.15, 0.2) is 0 Å². The van der Waals surface area contributed by atoms with Gasteiger partial charge in [0.15, 0.2) is 0 Å². The Labute approximate surface area is 117 Å². The summed E-state index contributed by atoms with van der Waals surface area (Å²) in [6.07, 6.45) is 0.210. The molecule has 0 radical (unpaired) electrons. The van der Waals surface area contributed by atoms with Gasteiger partial charge in [-0.15, -0.1) is 0 Å². The van der Waals surface area contributed by atoms with E-state index in [4.69, 9.17) is 9.57 Å². The lowest BCUT2D eigenvalue weighted by atomic mass is 10.0. The maximum Gasteiger partial charge on any atom is 0.408 e. The van der Waals surface area contributed by atoms with Crippen LogP contribution in [0.25, 0.3) is 0 Å². The van der Waals surface area contributed by atoms with Crippen molar-refractivity contribution in [2.45, 2.75) is 38.5 Å². The minimum absolute atomic E-state index is 0.112. The SMILES string of the molecule is CC(C)(C)OC(=O)NC1C(=O)NC1CONS(C)(=O)=O. The van der Waals surface area contributed by atoms with Gasteiger partial charge in [-0.25, -0.2) is 13.2 Å². The van der Waals surface area contributed by atoms with Gasteiger partial charge in [0.25, 0.3) is 0 Å². The molecular formula is C10H19N3O6S. The fourth-order valence-corrected chi connectivity index (χ4v) is 1.69. The molecule has 1 aliphatic heterocycles. The van der Waals surface area contributed by atoms with E-state index in [9.17, 15) is 18.0 Å². The summed E-state index contributed by atoms with van der Waals surface area (Å²) in [7, 11) is -3.48. The third-order valence-electron chi connectivity index (χ3n) is 2.16. The van der Waals surface area contributed by atoms with Crippen molar-refractivity contribution < 1.29 is 27.6 Å². The molecule has 0 spiro atoms. The van der Waals surface area contributed by atoms with Crippen LogP contribution in [0.4, 0.5) is 4.79 Å². The zero-order chi connectivity index (χ0) is 15.6. The van der Waals surface area contributed by atoms with Crippen molar-refractivity contribution in [2.75, 3.05) is 12.9 Å². The van der Waals surface area contributed by atoms with Crippen LogP contribution in [0.1, 0.15) is 20.8 Å². The number of sulfonamides is 1. The minimum Gasteiger partial charge on any atom is -0.444 e. The highest BCUT2D eigenvalue weighted by atomic mass is 32.2. The van der Waals surface area contributed by atoms with Crippen LogP contribution < -0.4 is 15.5 Å². The molecule has 1 heterocycles. The van der Waals surface area contributed by atoms with Crippen LogP contribution >= 0.6 is 0 Å². The quantitative estimate of drug-likeness (QED) is 0.436. The van der Waals surface area contributed by atoms with Crippen LogP contribution in [0, 0.1) is 0 Å². The number of ether oxygens (including phenoxy) is 1. The summed E-state index contributed by atoms with van der Waals surface area (Å²) in [4.78, 5) is 29.4.